The minimum atomic E-state index is -0.308. The SMILES string of the molecule is CC1=C(N2CCC3(CCC(NCc4ccc(N=CN=NN)cc4)CC3)C2=O)COC1=O. The molecule has 3 N–H and O–H groups in total. The summed E-state index contributed by atoms with van der Waals surface area (Å²) in [6.07, 6.45) is 5.87. The first-order valence-corrected chi connectivity index (χ1v) is 10.7. The molecule has 2 heterocycles. The number of nitrogens with one attached hydrogen (secondary N) is 1. The third kappa shape index (κ3) is 4.36. The molecule has 1 amide bonds. The summed E-state index contributed by atoms with van der Waals surface area (Å²) < 4.78 is 5.10. The fraction of sp³-hybridized carbons (Fsp3) is 0.500. The zero-order valence-electron chi connectivity index (χ0n) is 17.7. The number of cyclic esters (lactones) is 1. The number of nitrogens with two attached hydrogens (primary N) is 1. The van der Waals surface area contributed by atoms with Crippen LogP contribution in [0, 0.1) is 5.41 Å². The molecule has 1 aromatic rings. The molecule has 31 heavy (non-hydrogen) atoms. The highest BCUT2D eigenvalue weighted by Crippen LogP contribution is 2.46. The molecule has 4 rings (SSSR count). The Hall–Kier alpha value is -3.07. The Kier molecular flexibility index (Phi) is 6.13. The summed E-state index contributed by atoms with van der Waals surface area (Å²) in [5.74, 6) is 4.80. The van der Waals surface area contributed by atoms with E-state index >= 15 is 0 Å². The number of likely N-dealkylation sites (tertiary alicyclic amines) is 1. The summed E-state index contributed by atoms with van der Waals surface area (Å²) in [6.45, 7) is 3.42. The van der Waals surface area contributed by atoms with E-state index in [1.54, 1.807) is 11.8 Å². The number of hydrogen-bond acceptors (Lipinski definition) is 6. The first-order chi connectivity index (χ1) is 15.0. The number of nitrogens with zero attached hydrogens (tertiary/aromatic N) is 4. The molecule has 2 aliphatic heterocycles. The summed E-state index contributed by atoms with van der Waals surface area (Å²) in [5, 5.41) is 10.3. The highest BCUT2D eigenvalue weighted by Gasteiger charge is 2.50. The number of carbonyl (C=O) groups is 2. The van der Waals surface area contributed by atoms with E-state index in [2.05, 4.69) is 20.6 Å². The zero-order chi connectivity index (χ0) is 21.8. The van der Waals surface area contributed by atoms with Crippen molar-refractivity contribution in [3.05, 3.63) is 41.1 Å². The molecular weight excluding hydrogens is 396 g/mol. The average molecular weight is 425 g/mol. The molecule has 2 fully saturated rings. The lowest BCUT2D eigenvalue weighted by Gasteiger charge is -2.36. The lowest BCUT2D eigenvalue weighted by Crippen LogP contribution is -2.42. The van der Waals surface area contributed by atoms with Crippen LogP contribution < -0.4 is 11.2 Å². The van der Waals surface area contributed by atoms with Crippen molar-refractivity contribution < 1.29 is 14.3 Å². The van der Waals surface area contributed by atoms with Crippen molar-refractivity contribution in [3.63, 3.8) is 0 Å². The number of ether oxygens (including phenoxy) is 1. The monoisotopic (exact) mass is 424 g/mol. The van der Waals surface area contributed by atoms with E-state index in [9.17, 15) is 9.59 Å². The third-order valence-electron chi connectivity index (χ3n) is 6.72. The maximum Gasteiger partial charge on any atom is 0.336 e. The first kappa shape index (κ1) is 21.2. The summed E-state index contributed by atoms with van der Waals surface area (Å²) in [4.78, 5) is 30.8. The van der Waals surface area contributed by atoms with E-state index in [1.807, 2.05) is 24.3 Å². The Bertz CT molecular complexity index is 929. The standard InChI is InChI=1S/C22H28N6O3/c1-15-19(13-31-20(15)29)28-11-10-22(21(28)30)8-6-18(7-9-22)24-12-16-2-4-17(5-3-16)25-14-26-27-23/h2-5,14,18,24H,6-13H2,1H3,(H2,23,25,26). The van der Waals surface area contributed by atoms with Gasteiger partial charge in [0.1, 0.15) is 12.9 Å². The molecule has 1 saturated carbocycles. The maximum atomic E-state index is 13.2. The van der Waals surface area contributed by atoms with Crippen molar-refractivity contribution in [3.8, 4) is 0 Å². The highest BCUT2D eigenvalue weighted by molar-refractivity contribution is 5.94. The Labute approximate surface area is 181 Å². The van der Waals surface area contributed by atoms with Crippen LogP contribution in [0.4, 0.5) is 5.69 Å². The van der Waals surface area contributed by atoms with Gasteiger partial charge >= 0.3 is 5.97 Å². The molecule has 164 valence electrons. The van der Waals surface area contributed by atoms with E-state index in [-0.39, 0.29) is 23.9 Å². The molecule has 0 unspecified atom stereocenters. The largest absolute Gasteiger partial charge is 0.456 e. The predicted octanol–water partition coefficient (Wildman–Crippen LogP) is 2.75. The molecule has 0 aromatic heterocycles. The van der Waals surface area contributed by atoms with Crippen molar-refractivity contribution in [1.82, 2.24) is 10.2 Å². The first-order valence-electron chi connectivity index (χ1n) is 10.7. The smallest absolute Gasteiger partial charge is 0.336 e. The van der Waals surface area contributed by atoms with Crippen LogP contribution in [0.1, 0.15) is 44.6 Å². The summed E-state index contributed by atoms with van der Waals surface area (Å²) >= 11 is 0. The molecule has 0 atom stereocenters. The molecule has 9 nitrogen and oxygen atoms in total. The molecule has 1 spiro atoms. The van der Waals surface area contributed by atoms with Crippen molar-refractivity contribution in [1.29, 1.82) is 0 Å². The van der Waals surface area contributed by atoms with Gasteiger partial charge in [-0.2, -0.15) is 0 Å². The third-order valence-corrected chi connectivity index (χ3v) is 6.72. The summed E-state index contributed by atoms with van der Waals surface area (Å²) in [5.41, 5.74) is 3.01. The van der Waals surface area contributed by atoms with E-state index in [0.717, 1.165) is 50.0 Å². The van der Waals surface area contributed by atoms with Crippen LogP contribution in [0.25, 0.3) is 0 Å². The lowest BCUT2D eigenvalue weighted by atomic mass is 9.71. The summed E-state index contributed by atoms with van der Waals surface area (Å²) in [7, 11) is 0. The second-order valence-electron chi connectivity index (χ2n) is 8.43. The van der Waals surface area contributed by atoms with Gasteiger partial charge in [0.05, 0.1) is 22.4 Å². The number of amides is 1. The highest BCUT2D eigenvalue weighted by atomic mass is 16.5. The Morgan fingerprint density at radius 1 is 1.23 bits per heavy atom. The van der Waals surface area contributed by atoms with E-state index in [1.165, 1.54) is 11.9 Å². The number of hydrogen-bond donors (Lipinski definition) is 2. The van der Waals surface area contributed by atoms with E-state index in [0.29, 0.717) is 18.2 Å². The van der Waals surface area contributed by atoms with Gasteiger partial charge in [0.15, 0.2) is 0 Å². The summed E-state index contributed by atoms with van der Waals surface area (Å²) in [6, 6.07) is 8.31. The van der Waals surface area contributed by atoms with Gasteiger partial charge < -0.3 is 20.8 Å². The molecule has 0 radical (unpaired) electrons. The van der Waals surface area contributed by atoms with Gasteiger partial charge in [-0.3, -0.25) is 4.79 Å². The van der Waals surface area contributed by atoms with Crippen LogP contribution in [0.5, 0.6) is 0 Å². The molecule has 3 aliphatic rings. The second-order valence-corrected chi connectivity index (χ2v) is 8.43. The minimum absolute atomic E-state index is 0.170. The second kappa shape index (κ2) is 8.97. The zero-order valence-corrected chi connectivity index (χ0v) is 17.7. The normalized spacial score (nSPS) is 26.7. The van der Waals surface area contributed by atoms with Gasteiger partial charge in [-0.15, -0.1) is 5.11 Å². The number of carbonyl (C=O) groups excluding carboxylic acids is 2. The Balaban J connectivity index is 1.28. The van der Waals surface area contributed by atoms with Crippen molar-refractivity contribution in [2.75, 3.05) is 13.2 Å². The van der Waals surface area contributed by atoms with Gasteiger partial charge in [0, 0.05) is 19.1 Å². The quantitative estimate of drug-likeness (QED) is 0.182. The van der Waals surface area contributed by atoms with Crippen LogP contribution in [-0.4, -0.2) is 42.3 Å². The van der Waals surface area contributed by atoms with Crippen molar-refractivity contribution in [2.45, 2.75) is 51.6 Å². The molecule has 0 bridgehead atoms. The van der Waals surface area contributed by atoms with Crippen LogP contribution >= 0.6 is 0 Å². The Morgan fingerprint density at radius 2 is 1.97 bits per heavy atom. The lowest BCUT2D eigenvalue weighted by molar-refractivity contribution is -0.138. The number of aliphatic imine (C=N–C) groups is 1. The molecular formula is C22H28N6O3. The van der Waals surface area contributed by atoms with Crippen molar-refractivity contribution in [2.24, 2.45) is 26.6 Å². The average Bonchev–Trinajstić information content (AvgIpc) is 3.28. The molecule has 1 aromatic carbocycles. The van der Waals surface area contributed by atoms with Gasteiger partial charge in [0.2, 0.25) is 5.91 Å². The van der Waals surface area contributed by atoms with Crippen LogP contribution in [0.3, 0.4) is 0 Å². The number of benzene rings is 1. The van der Waals surface area contributed by atoms with Gasteiger partial charge in [0.25, 0.3) is 0 Å². The number of rotatable bonds is 6. The minimum Gasteiger partial charge on any atom is -0.456 e. The van der Waals surface area contributed by atoms with Crippen LogP contribution in [0.15, 0.2) is 50.9 Å². The topological polar surface area (TPSA) is 122 Å². The maximum absolute atomic E-state index is 13.2. The van der Waals surface area contributed by atoms with Gasteiger partial charge in [-0.25, -0.2) is 9.79 Å². The van der Waals surface area contributed by atoms with Gasteiger partial charge in [-0.1, -0.05) is 17.4 Å². The number of esters is 1. The van der Waals surface area contributed by atoms with E-state index < -0.39 is 0 Å². The van der Waals surface area contributed by atoms with Crippen LogP contribution in [0.2, 0.25) is 0 Å². The van der Waals surface area contributed by atoms with Crippen LogP contribution in [-0.2, 0) is 20.9 Å². The fourth-order valence-corrected chi connectivity index (χ4v) is 4.75. The van der Waals surface area contributed by atoms with Gasteiger partial charge in [-0.05, 0) is 56.7 Å². The fourth-order valence-electron chi connectivity index (χ4n) is 4.75. The molecule has 9 heteroatoms. The predicted molar refractivity (Wildman–Crippen MR) is 115 cm³/mol. The van der Waals surface area contributed by atoms with Crippen molar-refractivity contribution >= 4 is 23.9 Å². The van der Waals surface area contributed by atoms with E-state index in [4.69, 9.17) is 10.6 Å². The molecule has 1 saturated heterocycles. The Morgan fingerprint density at radius 3 is 2.61 bits per heavy atom. The molecule has 1 aliphatic carbocycles.